The molecule has 4 aromatic rings. The summed E-state index contributed by atoms with van der Waals surface area (Å²) >= 11 is 1.58. The van der Waals surface area contributed by atoms with E-state index in [9.17, 15) is 4.79 Å². The van der Waals surface area contributed by atoms with Crippen molar-refractivity contribution in [3.05, 3.63) is 75.6 Å². The number of rotatable bonds is 7. The number of thiophene rings is 1. The molecule has 2 aromatic carbocycles. The molecule has 1 atom stereocenters. The van der Waals surface area contributed by atoms with Crippen LogP contribution in [-0.2, 0) is 4.79 Å². The maximum absolute atomic E-state index is 13.8. The van der Waals surface area contributed by atoms with Gasteiger partial charge in [-0.25, -0.2) is 4.68 Å². The Kier molecular flexibility index (Phi) is 6.58. The lowest BCUT2D eigenvalue weighted by Crippen LogP contribution is -2.31. The summed E-state index contributed by atoms with van der Waals surface area (Å²) in [4.78, 5) is 19.5. The third-order valence-corrected chi connectivity index (χ3v) is 7.28. The summed E-state index contributed by atoms with van der Waals surface area (Å²) in [5.74, 6) is 2.62. The summed E-state index contributed by atoms with van der Waals surface area (Å²) in [5, 5.41) is 13.2. The second-order valence-corrected chi connectivity index (χ2v) is 9.44. The zero-order valence-electron chi connectivity index (χ0n) is 21.2. The lowest BCUT2D eigenvalue weighted by molar-refractivity contribution is -0.113. The molecule has 1 amide bonds. The molecule has 2 N–H and O–H groups in total. The second-order valence-electron chi connectivity index (χ2n) is 8.49. The van der Waals surface area contributed by atoms with E-state index in [1.165, 1.54) is 0 Å². The van der Waals surface area contributed by atoms with Crippen LogP contribution in [0.5, 0.6) is 17.2 Å². The van der Waals surface area contributed by atoms with E-state index < -0.39 is 6.04 Å². The molecule has 3 heterocycles. The van der Waals surface area contributed by atoms with Gasteiger partial charge in [-0.05, 0) is 55.1 Å². The Morgan fingerprint density at radius 3 is 2.41 bits per heavy atom. The molecular weight excluding hydrogens is 490 g/mol. The van der Waals surface area contributed by atoms with E-state index in [0.717, 1.165) is 16.0 Å². The molecule has 0 saturated carbocycles. The first-order chi connectivity index (χ1) is 17.9. The maximum Gasteiger partial charge on any atom is 0.256 e. The van der Waals surface area contributed by atoms with Gasteiger partial charge in [0.1, 0.15) is 23.3 Å². The minimum Gasteiger partial charge on any atom is -0.497 e. The SMILES string of the molecule is COc1cc(OC)cc(-c2nc3n(n2)C(c2sccc2C)C(C(=O)Nc2ccccc2OC)=C(C)N3)c1. The lowest BCUT2D eigenvalue weighted by Gasteiger charge is -2.28. The Labute approximate surface area is 218 Å². The monoisotopic (exact) mass is 517 g/mol. The van der Waals surface area contributed by atoms with Gasteiger partial charge in [-0.3, -0.25) is 4.79 Å². The van der Waals surface area contributed by atoms with Crippen molar-refractivity contribution < 1.29 is 19.0 Å². The number of nitrogens with zero attached hydrogens (tertiary/aromatic N) is 3. The molecule has 2 aromatic heterocycles. The summed E-state index contributed by atoms with van der Waals surface area (Å²) in [6.07, 6.45) is 0. The molecule has 0 saturated heterocycles. The van der Waals surface area contributed by atoms with Crippen molar-refractivity contribution in [3.8, 4) is 28.6 Å². The van der Waals surface area contributed by atoms with E-state index in [2.05, 4.69) is 10.6 Å². The van der Waals surface area contributed by atoms with Gasteiger partial charge in [0.25, 0.3) is 5.91 Å². The van der Waals surface area contributed by atoms with Crippen molar-refractivity contribution in [1.29, 1.82) is 0 Å². The van der Waals surface area contributed by atoms with E-state index >= 15 is 0 Å². The molecular formula is C27H27N5O4S. The molecule has 190 valence electrons. The average molecular weight is 518 g/mol. The van der Waals surface area contributed by atoms with Crippen molar-refractivity contribution >= 4 is 28.9 Å². The van der Waals surface area contributed by atoms with Gasteiger partial charge < -0.3 is 24.8 Å². The van der Waals surface area contributed by atoms with Crippen LogP contribution < -0.4 is 24.8 Å². The van der Waals surface area contributed by atoms with Gasteiger partial charge in [-0.2, -0.15) is 4.98 Å². The van der Waals surface area contributed by atoms with E-state index in [1.807, 2.05) is 55.6 Å². The number of anilines is 2. The number of carbonyl (C=O) groups excluding carboxylic acids is 1. The van der Waals surface area contributed by atoms with Crippen molar-refractivity contribution in [2.45, 2.75) is 19.9 Å². The van der Waals surface area contributed by atoms with E-state index in [1.54, 1.807) is 49.5 Å². The van der Waals surface area contributed by atoms with Gasteiger partial charge in [0.05, 0.1) is 32.6 Å². The van der Waals surface area contributed by atoms with Crippen molar-refractivity contribution in [2.75, 3.05) is 32.0 Å². The van der Waals surface area contributed by atoms with Crippen LogP contribution >= 0.6 is 11.3 Å². The molecule has 10 heteroatoms. The summed E-state index contributed by atoms with van der Waals surface area (Å²) in [6.45, 7) is 3.91. The fourth-order valence-corrected chi connectivity index (χ4v) is 5.37. The first-order valence-corrected chi connectivity index (χ1v) is 12.5. The van der Waals surface area contributed by atoms with Gasteiger partial charge in [0.2, 0.25) is 5.95 Å². The van der Waals surface area contributed by atoms with Crippen LogP contribution in [0.3, 0.4) is 0 Å². The lowest BCUT2D eigenvalue weighted by atomic mass is 9.98. The molecule has 0 fully saturated rings. The van der Waals surface area contributed by atoms with Crippen LogP contribution in [0.15, 0.2) is 65.2 Å². The summed E-state index contributed by atoms with van der Waals surface area (Å²) in [6, 6.07) is 14.4. The Morgan fingerprint density at radius 1 is 1.03 bits per heavy atom. The third-order valence-electron chi connectivity index (χ3n) is 6.21. The van der Waals surface area contributed by atoms with Crippen LogP contribution in [-0.4, -0.2) is 42.0 Å². The van der Waals surface area contributed by atoms with Crippen molar-refractivity contribution in [1.82, 2.24) is 14.8 Å². The molecule has 5 rings (SSSR count). The normalized spacial score (nSPS) is 14.6. The number of fused-ring (bicyclic) bond motifs is 1. The van der Waals surface area contributed by atoms with Crippen LogP contribution in [0.2, 0.25) is 0 Å². The van der Waals surface area contributed by atoms with Crippen molar-refractivity contribution in [3.63, 3.8) is 0 Å². The second kappa shape index (κ2) is 9.98. The summed E-state index contributed by atoms with van der Waals surface area (Å²) in [7, 11) is 4.77. The molecule has 0 aliphatic carbocycles. The number of ether oxygens (including phenoxy) is 3. The molecule has 1 unspecified atom stereocenters. The highest BCUT2D eigenvalue weighted by molar-refractivity contribution is 7.10. The summed E-state index contributed by atoms with van der Waals surface area (Å²) in [5.41, 5.74) is 3.63. The van der Waals surface area contributed by atoms with Crippen LogP contribution in [0.1, 0.15) is 23.4 Å². The van der Waals surface area contributed by atoms with Crippen LogP contribution in [0, 0.1) is 6.92 Å². The summed E-state index contributed by atoms with van der Waals surface area (Å²) < 4.78 is 18.1. The Morgan fingerprint density at radius 2 is 1.76 bits per heavy atom. The van der Waals surface area contributed by atoms with Gasteiger partial charge >= 0.3 is 0 Å². The molecule has 9 nitrogen and oxygen atoms in total. The Bertz CT molecular complexity index is 1480. The van der Waals surface area contributed by atoms with Gasteiger partial charge in [0, 0.05) is 22.2 Å². The number of allylic oxidation sites excluding steroid dienone is 1. The highest BCUT2D eigenvalue weighted by Crippen LogP contribution is 2.41. The van der Waals surface area contributed by atoms with Crippen molar-refractivity contribution in [2.24, 2.45) is 0 Å². The first-order valence-electron chi connectivity index (χ1n) is 11.6. The van der Waals surface area contributed by atoms with E-state index in [0.29, 0.717) is 46.0 Å². The maximum atomic E-state index is 13.8. The largest absolute Gasteiger partial charge is 0.497 e. The predicted octanol–water partition coefficient (Wildman–Crippen LogP) is 5.27. The number of para-hydroxylation sites is 2. The standard InChI is InChI=1S/C27H27N5O4S/c1-15-10-11-37-24(15)23-22(26(33)29-20-8-6-7-9-21(20)36-5)16(2)28-27-30-25(31-32(23)27)17-12-18(34-3)14-19(13-17)35-4/h6-14,23H,1-5H3,(H,29,33)(H,28,30,31). The molecule has 1 aliphatic rings. The average Bonchev–Trinajstić information content (AvgIpc) is 3.53. The molecule has 37 heavy (non-hydrogen) atoms. The predicted molar refractivity (Wildman–Crippen MR) is 144 cm³/mol. The highest BCUT2D eigenvalue weighted by Gasteiger charge is 2.36. The fraction of sp³-hybridized carbons (Fsp3) is 0.222. The number of nitrogens with one attached hydrogen (secondary N) is 2. The number of benzene rings is 2. The molecule has 1 aliphatic heterocycles. The number of hydrogen-bond donors (Lipinski definition) is 2. The van der Waals surface area contributed by atoms with Gasteiger partial charge in [0.15, 0.2) is 5.82 Å². The molecule has 0 spiro atoms. The zero-order chi connectivity index (χ0) is 26.1. The molecule has 0 bridgehead atoms. The van der Waals surface area contributed by atoms with Crippen LogP contribution in [0.25, 0.3) is 11.4 Å². The zero-order valence-corrected chi connectivity index (χ0v) is 22.0. The van der Waals surface area contributed by atoms with E-state index in [4.69, 9.17) is 24.3 Å². The fourth-order valence-electron chi connectivity index (χ4n) is 4.35. The van der Waals surface area contributed by atoms with E-state index in [-0.39, 0.29) is 5.91 Å². The Hall–Kier alpha value is -4.31. The number of hydrogen-bond acceptors (Lipinski definition) is 8. The highest BCUT2D eigenvalue weighted by atomic mass is 32.1. The number of methoxy groups -OCH3 is 3. The first kappa shape index (κ1) is 24.4. The van der Waals surface area contributed by atoms with Gasteiger partial charge in [-0.1, -0.05) is 12.1 Å². The number of carbonyl (C=O) groups is 1. The Balaban J connectivity index is 1.60. The topological polar surface area (TPSA) is 99.5 Å². The minimum atomic E-state index is -0.472. The number of aromatic nitrogens is 3. The molecule has 0 radical (unpaired) electrons. The quantitative estimate of drug-likeness (QED) is 0.345. The van der Waals surface area contributed by atoms with Crippen LogP contribution in [0.4, 0.5) is 11.6 Å². The number of aryl methyl sites for hydroxylation is 1. The van der Waals surface area contributed by atoms with Gasteiger partial charge in [-0.15, -0.1) is 16.4 Å². The minimum absolute atomic E-state index is 0.252. The smallest absolute Gasteiger partial charge is 0.256 e. The third kappa shape index (κ3) is 4.51. The number of amides is 1.